The van der Waals surface area contributed by atoms with Crippen molar-refractivity contribution in [2.45, 2.75) is 25.7 Å². The van der Waals surface area contributed by atoms with Crippen LogP contribution in [0.1, 0.15) is 23.3 Å². The number of fused-ring (bicyclic) bond motifs is 3. The minimum Gasteiger partial charge on any atom is -0.375 e. The van der Waals surface area contributed by atoms with Gasteiger partial charge in [-0.25, -0.2) is 9.97 Å². The van der Waals surface area contributed by atoms with Crippen LogP contribution in [0.4, 0.5) is 17.2 Å². The van der Waals surface area contributed by atoms with Gasteiger partial charge in [0.25, 0.3) is 0 Å². The molecule has 0 spiro atoms. The molecule has 0 unspecified atom stereocenters. The zero-order valence-corrected chi connectivity index (χ0v) is 15.4. The second kappa shape index (κ2) is 7.39. The number of hydrogen-bond acceptors (Lipinski definition) is 6. The van der Waals surface area contributed by atoms with Crippen LogP contribution in [0.3, 0.4) is 0 Å². The molecule has 1 aromatic carbocycles. The predicted octanol–water partition coefficient (Wildman–Crippen LogP) is 3.90. The van der Waals surface area contributed by atoms with Crippen molar-refractivity contribution in [2.75, 3.05) is 24.4 Å². The largest absolute Gasteiger partial charge is 0.375 e. The van der Waals surface area contributed by atoms with Crippen LogP contribution in [0.5, 0.6) is 0 Å². The third kappa shape index (κ3) is 3.40. The molecule has 26 heavy (non-hydrogen) atoms. The van der Waals surface area contributed by atoms with Crippen LogP contribution in [-0.4, -0.2) is 29.6 Å². The summed E-state index contributed by atoms with van der Waals surface area (Å²) in [5.74, 6) is 0.682. The van der Waals surface area contributed by atoms with E-state index in [1.807, 2.05) is 24.3 Å². The summed E-state index contributed by atoms with van der Waals surface area (Å²) in [5.41, 5.74) is 3.06. The lowest BCUT2D eigenvalue weighted by Gasteiger charge is -2.12. The molecule has 7 heteroatoms. The third-order valence-electron chi connectivity index (χ3n) is 4.46. The molecule has 0 atom stereocenters. The summed E-state index contributed by atoms with van der Waals surface area (Å²) < 4.78 is 4.82. The highest BCUT2D eigenvalue weighted by Crippen LogP contribution is 2.38. The lowest BCUT2D eigenvalue weighted by molar-refractivity contribution is -0.119. The van der Waals surface area contributed by atoms with Crippen LogP contribution in [0.2, 0.25) is 0 Å². The average Bonchev–Trinajstić information content (AvgIpc) is 3.03. The predicted molar refractivity (Wildman–Crippen MR) is 104 cm³/mol. The smallest absolute Gasteiger partial charge is 0.250 e. The molecule has 134 valence electrons. The number of anilines is 3. The summed E-state index contributed by atoms with van der Waals surface area (Å²) in [6.07, 6.45) is 6.34. The van der Waals surface area contributed by atoms with Gasteiger partial charge in [0.15, 0.2) is 0 Å². The van der Waals surface area contributed by atoms with Gasteiger partial charge in [-0.1, -0.05) is 0 Å². The Bertz CT molecular complexity index is 937. The monoisotopic (exact) mass is 368 g/mol. The number of thiophene rings is 1. The van der Waals surface area contributed by atoms with Crippen molar-refractivity contribution in [1.82, 2.24) is 9.97 Å². The molecule has 0 saturated carbocycles. The summed E-state index contributed by atoms with van der Waals surface area (Å²) in [7, 11) is 1.50. The third-order valence-corrected chi connectivity index (χ3v) is 5.66. The molecule has 0 fully saturated rings. The number of nitrogens with zero attached hydrogens (tertiary/aromatic N) is 2. The number of hydrogen-bond donors (Lipinski definition) is 2. The number of carbonyl (C=O) groups excluding carboxylic acids is 1. The van der Waals surface area contributed by atoms with Gasteiger partial charge in [0.2, 0.25) is 5.91 Å². The maximum Gasteiger partial charge on any atom is 0.250 e. The molecule has 1 amide bonds. The summed E-state index contributed by atoms with van der Waals surface area (Å²) >= 11 is 1.79. The minimum absolute atomic E-state index is 0.0438. The van der Waals surface area contributed by atoms with Gasteiger partial charge in [0, 0.05) is 23.4 Å². The SMILES string of the molecule is COCC(=O)Nc1ccc(Nc2ncnc3sc4c(c23)CCCC4)cc1. The Hall–Kier alpha value is -2.51. The molecule has 0 saturated heterocycles. The lowest BCUT2D eigenvalue weighted by atomic mass is 9.97. The lowest BCUT2D eigenvalue weighted by Crippen LogP contribution is -2.16. The van der Waals surface area contributed by atoms with Crippen molar-refractivity contribution in [3.05, 3.63) is 41.0 Å². The van der Waals surface area contributed by atoms with E-state index in [1.165, 1.54) is 30.4 Å². The number of aryl methyl sites for hydroxylation is 2. The van der Waals surface area contributed by atoms with Crippen LogP contribution in [0.25, 0.3) is 10.2 Å². The zero-order valence-electron chi connectivity index (χ0n) is 14.5. The molecule has 1 aliphatic rings. The van der Waals surface area contributed by atoms with E-state index in [0.717, 1.165) is 40.3 Å². The Labute approximate surface area is 155 Å². The quantitative estimate of drug-likeness (QED) is 0.714. The molecule has 2 heterocycles. The number of aromatic nitrogens is 2. The second-order valence-corrected chi connectivity index (χ2v) is 7.38. The molecular formula is C19H20N4O2S. The van der Waals surface area contributed by atoms with E-state index >= 15 is 0 Å². The first kappa shape index (κ1) is 16.9. The first-order valence-electron chi connectivity index (χ1n) is 8.65. The van der Waals surface area contributed by atoms with Crippen molar-refractivity contribution in [3.8, 4) is 0 Å². The van der Waals surface area contributed by atoms with Gasteiger partial charge in [-0.2, -0.15) is 0 Å². The van der Waals surface area contributed by atoms with E-state index in [1.54, 1.807) is 17.7 Å². The van der Waals surface area contributed by atoms with Gasteiger partial charge in [-0.15, -0.1) is 11.3 Å². The fourth-order valence-corrected chi connectivity index (χ4v) is 4.52. The van der Waals surface area contributed by atoms with E-state index in [9.17, 15) is 4.79 Å². The first-order valence-corrected chi connectivity index (χ1v) is 9.47. The Kier molecular flexibility index (Phi) is 4.81. The summed E-state index contributed by atoms with van der Waals surface area (Å²) in [6, 6.07) is 7.57. The molecule has 2 aromatic heterocycles. The normalized spacial score (nSPS) is 13.4. The molecule has 0 bridgehead atoms. The highest BCUT2D eigenvalue weighted by molar-refractivity contribution is 7.19. The van der Waals surface area contributed by atoms with Crippen LogP contribution in [0, 0.1) is 0 Å². The van der Waals surface area contributed by atoms with Crippen molar-refractivity contribution in [1.29, 1.82) is 0 Å². The molecule has 0 radical (unpaired) electrons. The number of benzene rings is 1. The van der Waals surface area contributed by atoms with E-state index in [-0.39, 0.29) is 12.5 Å². The molecule has 0 aliphatic heterocycles. The van der Waals surface area contributed by atoms with Gasteiger partial charge in [-0.05, 0) is 55.5 Å². The molecule has 1 aliphatic carbocycles. The Morgan fingerprint density at radius 2 is 1.92 bits per heavy atom. The van der Waals surface area contributed by atoms with Crippen LogP contribution >= 0.6 is 11.3 Å². The van der Waals surface area contributed by atoms with Gasteiger partial charge >= 0.3 is 0 Å². The molecular weight excluding hydrogens is 348 g/mol. The minimum atomic E-state index is -0.171. The fourth-order valence-electron chi connectivity index (χ4n) is 3.29. The van der Waals surface area contributed by atoms with Gasteiger partial charge in [0.05, 0.1) is 5.39 Å². The highest BCUT2D eigenvalue weighted by atomic mass is 32.1. The number of carbonyl (C=O) groups is 1. The Morgan fingerprint density at radius 3 is 2.73 bits per heavy atom. The Morgan fingerprint density at radius 1 is 1.15 bits per heavy atom. The van der Waals surface area contributed by atoms with E-state index in [0.29, 0.717) is 0 Å². The molecule has 4 rings (SSSR count). The average molecular weight is 368 g/mol. The van der Waals surface area contributed by atoms with Crippen molar-refractivity contribution >= 4 is 44.7 Å². The number of nitrogens with one attached hydrogen (secondary N) is 2. The zero-order chi connectivity index (χ0) is 17.9. The first-order chi connectivity index (χ1) is 12.7. The maximum atomic E-state index is 11.6. The molecule has 2 N–H and O–H groups in total. The van der Waals surface area contributed by atoms with Crippen LogP contribution in [-0.2, 0) is 22.4 Å². The number of amides is 1. The highest BCUT2D eigenvalue weighted by Gasteiger charge is 2.19. The van der Waals surface area contributed by atoms with E-state index in [4.69, 9.17) is 4.74 Å². The fraction of sp³-hybridized carbons (Fsp3) is 0.316. The topological polar surface area (TPSA) is 76.1 Å². The standard InChI is InChI=1S/C19H20N4O2S/c1-25-10-16(24)22-12-6-8-13(9-7-12)23-18-17-14-4-2-3-5-15(14)26-19(17)21-11-20-18/h6-9,11H,2-5,10H2,1H3,(H,22,24)(H,20,21,23). The molecule has 6 nitrogen and oxygen atoms in total. The number of ether oxygens (including phenoxy) is 1. The van der Waals surface area contributed by atoms with Gasteiger partial charge < -0.3 is 15.4 Å². The van der Waals surface area contributed by atoms with Crippen LogP contribution in [0.15, 0.2) is 30.6 Å². The van der Waals surface area contributed by atoms with Crippen LogP contribution < -0.4 is 10.6 Å². The van der Waals surface area contributed by atoms with E-state index < -0.39 is 0 Å². The summed E-state index contributed by atoms with van der Waals surface area (Å²) in [6.45, 7) is 0.0438. The van der Waals surface area contributed by atoms with Crippen molar-refractivity contribution < 1.29 is 9.53 Å². The number of rotatable bonds is 5. The van der Waals surface area contributed by atoms with Crippen molar-refractivity contribution in [2.24, 2.45) is 0 Å². The van der Waals surface area contributed by atoms with Crippen molar-refractivity contribution in [3.63, 3.8) is 0 Å². The second-order valence-electron chi connectivity index (χ2n) is 6.30. The van der Waals surface area contributed by atoms with E-state index in [2.05, 4.69) is 20.6 Å². The van der Waals surface area contributed by atoms with Gasteiger partial charge in [-0.3, -0.25) is 4.79 Å². The maximum absolute atomic E-state index is 11.6. The van der Waals surface area contributed by atoms with Gasteiger partial charge in [0.1, 0.15) is 23.6 Å². The Balaban J connectivity index is 1.57. The summed E-state index contributed by atoms with van der Waals surface area (Å²) in [4.78, 5) is 23.0. The number of methoxy groups -OCH3 is 1. The summed E-state index contributed by atoms with van der Waals surface area (Å²) in [5, 5.41) is 7.35. The molecule has 3 aromatic rings.